The second kappa shape index (κ2) is 11.1. The van der Waals surface area contributed by atoms with Crippen molar-refractivity contribution in [1.29, 1.82) is 0 Å². The van der Waals surface area contributed by atoms with Gasteiger partial charge < -0.3 is 29.1 Å². The summed E-state index contributed by atoms with van der Waals surface area (Å²) in [5.41, 5.74) is 0.761. The maximum absolute atomic E-state index is 13.6. The molecule has 1 atom stereocenters. The largest absolute Gasteiger partial charge is 0.872 e. The van der Waals surface area contributed by atoms with Gasteiger partial charge >= 0.3 is 0 Å². The van der Waals surface area contributed by atoms with Gasteiger partial charge in [0, 0.05) is 24.1 Å². The summed E-state index contributed by atoms with van der Waals surface area (Å²) < 4.78 is 16.4. The van der Waals surface area contributed by atoms with Crippen LogP contribution in [0.1, 0.15) is 30.5 Å². The van der Waals surface area contributed by atoms with E-state index in [0.29, 0.717) is 47.9 Å². The Bertz CT molecular complexity index is 1060. The molecule has 8 nitrogen and oxygen atoms in total. The van der Waals surface area contributed by atoms with Crippen molar-refractivity contribution in [1.82, 2.24) is 4.90 Å². The van der Waals surface area contributed by atoms with Crippen molar-refractivity contribution >= 4 is 17.4 Å². The van der Waals surface area contributed by atoms with Crippen LogP contribution in [0.4, 0.5) is 0 Å². The van der Waals surface area contributed by atoms with E-state index in [0.717, 1.165) is 6.54 Å². The maximum atomic E-state index is 13.6. The number of amides is 1. The lowest BCUT2D eigenvalue weighted by atomic mass is 9.94. The van der Waals surface area contributed by atoms with E-state index in [2.05, 4.69) is 0 Å². The lowest BCUT2D eigenvalue weighted by Crippen LogP contribution is -3.05. The van der Waals surface area contributed by atoms with Crippen LogP contribution in [0.3, 0.4) is 0 Å². The molecule has 0 saturated carbocycles. The number of likely N-dealkylation sites (tertiary alicyclic amines) is 1. The van der Waals surface area contributed by atoms with Gasteiger partial charge in [-0.05, 0) is 42.8 Å². The van der Waals surface area contributed by atoms with Crippen molar-refractivity contribution in [3.8, 4) is 17.2 Å². The average molecular weight is 469 g/mol. The summed E-state index contributed by atoms with van der Waals surface area (Å²) in [6.07, 6.45) is 0.675. The van der Waals surface area contributed by atoms with E-state index >= 15 is 0 Å². The number of hydrogen-bond acceptors (Lipinski definition) is 6. The summed E-state index contributed by atoms with van der Waals surface area (Å²) in [5.74, 6) is -0.334. The number of benzene rings is 2. The lowest BCUT2D eigenvalue weighted by Gasteiger charge is -2.29. The molecule has 1 unspecified atom stereocenters. The summed E-state index contributed by atoms with van der Waals surface area (Å²) in [7, 11) is 7.08. The van der Waals surface area contributed by atoms with Gasteiger partial charge in [-0.3, -0.25) is 9.59 Å². The molecule has 8 heteroatoms. The predicted octanol–water partition coefficient (Wildman–Crippen LogP) is 0.861. The number of carbonyl (C=O) groups is 2. The summed E-state index contributed by atoms with van der Waals surface area (Å²) in [5, 5.41) is 13.6. The zero-order valence-corrected chi connectivity index (χ0v) is 20.3. The highest BCUT2D eigenvalue weighted by molar-refractivity contribution is 6.46. The van der Waals surface area contributed by atoms with Crippen molar-refractivity contribution in [2.45, 2.75) is 19.4 Å². The highest BCUT2D eigenvalue weighted by atomic mass is 16.5. The molecular weight excluding hydrogens is 436 g/mol. The highest BCUT2D eigenvalue weighted by Gasteiger charge is 2.45. The summed E-state index contributed by atoms with van der Waals surface area (Å²) in [6, 6.07) is 10.9. The van der Waals surface area contributed by atoms with E-state index in [4.69, 9.17) is 14.2 Å². The molecule has 3 rings (SSSR count). The topological polar surface area (TPSA) is 92.6 Å². The molecular formula is C26H32N2O6. The Morgan fingerprint density at radius 2 is 1.71 bits per heavy atom. The number of carbonyl (C=O) groups excluding carboxylic acids is 2. The Kier molecular flexibility index (Phi) is 8.17. The molecule has 0 spiro atoms. The summed E-state index contributed by atoms with van der Waals surface area (Å²) in [4.78, 5) is 29.0. The number of nitrogens with zero attached hydrogens (tertiary/aromatic N) is 1. The Hall–Kier alpha value is -3.52. The molecule has 1 heterocycles. The van der Waals surface area contributed by atoms with Gasteiger partial charge in [-0.25, -0.2) is 0 Å². The third-order valence-electron chi connectivity index (χ3n) is 5.76. The first kappa shape index (κ1) is 25.1. The second-order valence-corrected chi connectivity index (χ2v) is 8.35. The zero-order chi connectivity index (χ0) is 24.8. The number of ketones is 1. The van der Waals surface area contributed by atoms with Gasteiger partial charge in [0.15, 0.2) is 0 Å². The fourth-order valence-corrected chi connectivity index (χ4v) is 4.10. The Morgan fingerprint density at radius 1 is 1.03 bits per heavy atom. The average Bonchev–Trinajstić information content (AvgIpc) is 3.08. The molecule has 1 aliphatic rings. The van der Waals surface area contributed by atoms with Crippen LogP contribution in [0.25, 0.3) is 5.76 Å². The number of hydrogen-bond donors (Lipinski definition) is 1. The quantitative estimate of drug-likeness (QED) is 0.316. The first-order valence-corrected chi connectivity index (χ1v) is 11.3. The van der Waals surface area contributed by atoms with Crippen LogP contribution >= 0.6 is 0 Å². The molecule has 0 bridgehead atoms. The maximum Gasteiger partial charge on any atom is 0.295 e. The van der Waals surface area contributed by atoms with Gasteiger partial charge in [-0.15, -0.1) is 0 Å². The number of Topliss-reactive ketones (excluding diaryl/α,β-unsaturated/α-hetero) is 1. The second-order valence-electron chi connectivity index (χ2n) is 8.35. The van der Waals surface area contributed by atoms with Gasteiger partial charge in [-0.2, -0.15) is 0 Å². The van der Waals surface area contributed by atoms with Gasteiger partial charge in [0.2, 0.25) is 5.78 Å². The molecule has 0 aromatic heterocycles. The van der Waals surface area contributed by atoms with E-state index in [9.17, 15) is 14.7 Å². The third-order valence-corrected chi connectivity index (χ3v) is 5.76. The summed E-state index contributed by atoms with van der Waals surface area (Å²) in [6.45, 7) is 3.51. The normalized spacial score (nSPS) is 17.4. The first-order valence-electron chi connectivity index (χ1n) is 11.3. The standard InChI is InChI=1S/C26H32N2O6/c1-6-34-18-10-8-17(9-11-18)24(29)22-23(20-16-19(32-4)12-13-21(20)33-5)28(26(31)25(22)30)15-7-14-27(2)3/h8-13,16,23,29H,6-7,14-15H2,1-5H3. The van der Waals surface area contributed by atoms with Crippen LogP contribution in [0.2, 0.25) is 0 Å². The third kappa shape index (κ3) is 5.17. The number of nitrogens with one attached hydrogen (secondary N) is 1. The predicted molar refractivity (Wildman–Crippen MR) is 126 cm³/mol. The van der Waals surface area contributed by atoms with Crippen LogP contribution in [0.15, 0.2) is 48.0 Å². The smallest absolute Gasteiger partial charge is 0.295 e. The van der Waals surface area contributed by atoms with Crippen molar-refractivity contribution in [2.75, 3.05) is 48.0 Å². The number of quaternary nitrogens is 1. The van der Waals surface area contributed by atoms with Crippen molar-refractivity contribution in [3.63, 3.8) is 0 Å². The van der Waals surface area contributed by atoms with E-state index in [1.54, 1.807) is 42.5 Å². The number of methoxy groups -OCH3 is 2. The van der Waals surface area contributed by atoms with Crippen molar-refractivity contribution in [2.24, 2.45) is 0 Å². The van der Waals surface area contributed by atoms with Crippen LogP contribution in [0, 0.1) is 0 Å². The molecule has 1 aliphatic heterocycles. The van der Waals surface area contributed by atoms with Gasteiger partial charge in [0.25, 0.3) is 5.91 Å². The lowest BCUT2D eigenvalue weighted by molar-refractivity contribution is -0.858. The molecule has 1 saturated heterocycles. The highest BCUT2D eigenvalue weighted by Crippen LogP contribution is 2.43. The Labute approximate surface area is 200 Å². The molecule has 1 fully saturated rings. The van der Waals surface area contributed by atoms with Crippen LogP contribution in [-0.4, -0.2) is 64.6 Å². The Morgan fingerprint density at radius 3 is 2.29 bits per heavy atom. The van der Waals surface area contributed by atoms with E-state index in [1.165, 1.54) is 24.0 Å². The molecule has 2 aromatic carbocycles. The molecule has 2 aromatic rings. The fraction of sp³-hybridized carbons (Fsp3) is 0.385. The van der Waals surface area contributed by atoms with Crippen molar-refractivity contribution < 1.29 is 33.8 Å². The number of ether oxygens (including phenoxy) is 3. The van der Waals surface area contributed by atoms with Crippen LogP contribution in [-0.2, 0) is 9.59 Å². The van der Waals surface area contributed by atoms with E-state index in [-0.39, 0.29) is 5.57 Å². The van der Waals surface area contributed by atoms with Gasteiger partial charge in [-0.1, -0.05) is 17.9 Å². The molecule has 182 valence electrons. The molecule has 0 radical (unpaired) electrons. The molecule has 1 N–H and O–H groups in total. The zero-order valence-electron chi connectivity index (χ0n) is 20.3. The van der Waals surface area contributed by atoms with Crippen LogP contribution in [0.5, 0.6) is 17.2 Å². The number of rotatable bonds is 10. The van der Waals surface area contributed by atoms with Gasteiger partial charge in [0.1, 0.15) is 17.2 Å². The SMILES string of the molecule is CCOc1ccc(C([O-])=C2C(=O)C(=O)N(CCC[NH+](C)C)C2c2cc(OC)ccc2OC)cc1. The Balaban J connectivity index is 2.15. The minimum atomic E-state index is -0.874. The minimum absolute atomic E-state index is 0.0853. The van der Waals surface area contributed by atoms with Gasteiger partial charge in [0.05, 0.1) is 47.5 Å². The molecule has 1 amide bonds. The summed E-state index contributed by atoms with van der Waals surface area (Å²) >= 11 is 0. The molecule has 34 heavy (non-hydrogen) atoms. The van der Waals surface area contributed by atoms with Crippen molar-refractivity contribution in [3.05, 3.63) is 59.2 Å². The van der Waals surface area contributed by atoms with Crippen LogP contribution < -0.4 is 24.2 Å². The monoisotopic (exact) mass is 468 g/mol. The van der Waals surface area contributed by atoms with E-state index < -0.39 is 23.5 Å². The minimum Gasteiger partial charge on any atom is -0.872 e. The fourth-order valence-electron chi connectivity index (χ4n) is 4.10. The first-order chi connectivity index (χ1) is 16.3. The van der Waals surface area contributed by atoms with E-state index in [1.807, 2.05) is 21.0 Å². The molecule has 0 aliphatic carbocycles.